The van der Waals surface area contributed by atoms with Gasteiger partial charge in [0.15, 0.2) is 6.10 Å². The Morgan fingerprint density at radius 2 is 2.00 bits per heavy atom. The summed E-state index contributed by atoms with van der Waals surface area (Å²) in [5.74, 6) is 0.872. The molecule has 8 nitrogen and oxygen atoms in total. The van der Waals surface area contributed by atoms with Gasteiger partial charge in [-0.3, -0.25) is 0 Å². The van der Waals surface area contributed by atoms with Gasteiger partial charge >= 0.3 is 0 Å². The first-order valence-corrected chi connectivity index (χ1v) is 14.6. The minimum Gasteiger partial charge on any atom is -0.485 e. The molecule has 0 unspecified atom stereocenters. The number of aliphatic hydroxyl groups excluding tert-OH is 1. The van der Waals surface area contributed by atoms with Gasteiger partial charge in [-0.05, 0) is 49.9 Å². The minimum absolute atomic E-state index is 0.0313. The maximum Gasteiger partial charge on any atom is 0.150 e. The van der Waals surface area contributed by atoms with Crippen molar-refractivity contribution in [3.63, 3.8) is 0 Å². The van der Waals surface area contributed by atoms with Crippen LogP contribution in [0.4, 0.5) is 10.1 Å². The summed E-state index contributed by atoms with van der Waals surface area (Å²) in [5, 5.41) is 10.7. The van der Waals surface area contributed by atoms with Crippen molar-refractivity contribution in [3.05, 3.63) is 59.3 Å². The van der Waals surface area contributed by atoms with Crippen LogP contribution < -0.4 is 4.74 Å². The van der Waals surface area contributed by atoms with Crippen molar-refractivity contribution in [1.29, 1.82) is 0 Å². The molecule has 1 aromatic heterocycles. The number of rotatable bonds is 5. The molecule has 3 saturated heterocycles. The molecule has 0 aliphatic carbocycles. The summed E-state index contributed by atoms with van der Waals surface area (Å²) in [7, 11) is -2.40. The molecule has 1 N–H and O–H groups in total. The molecule has 0 radical (unpaired) electrons. The second-order valence-corrected chi connectivity index (χ2v) is 12.6. The van der Waals surface area contributed by atoms with Crippen LogP contribution in [0.2, 0.25) is 0 Å². The monoisotopic (exact) mass is 527 g/mol. The summed E-state index contributed by atoms with van der Waals surface area (Å²) in [4.78, 5) is 9.01. The third kappa shape index (κ3) is 5.07. The predicted molar refractivity (Wildman–Crippen MR) is 137 cm³/mol. The van der Waals surface area contributed by atoms with Gasteiger partial charge in [0.2, 0.25) is 0 Å². The van der Waals surface area contributed by atoms with Crippen LogP contribution in [-0.2, 0) is 25.6 Å². The van der Waals surface area contributed by atoms with Crippen LogP contribution in [-0.4, -0.2) is 68.4 Å². The Hall–Kier alpha value is -2.66. The topological polar surface area (TPSA) is 103 Å². The van der Waals surface area contributed by atoms with E-state index in [2.05, 4.69) is 14.3 Å². The predicted octanol–water partition coefficient (Wildman–Crippen LogP) is 3.86. The molecular formula is C27H30FN3O5S. The Labute approximate surface area is 215 Å². The third-order valence-electron chi connectivity index (χ3n) is 7.40. The highest BCUT2D eigenvalue weighted by Gasteiger charge is 2.43. The summed E-state index contributed by atoms with van der Waals surface area (Å²) >= 11 is 0. The van der Waals surface area contributed by atoms with E-state index in [0.29, 0.717) is 60.9 Å². The van der Waals surface area contributed by atoms with Crippen LogP contribution in [0.5, 0.6) is 5.75 Å². The number of hydrogen-bond acceptors (Lipinski definition) is 8. The molecule has 0 saturated carbocycles. The molecule has 3 aliphatic heterocycles. The van der Waals surface area contributed by atoms with Gasteiger partial charge < -0.3 is 19.3 Å². The first-order chi connectivity index (χ1) is 17.9. The number of aliphatic hydroxyl groups is 1. The quantitative estimate of drug-likeness (QED) is 0.538. The lowest BCUT2D eigenvalue weighted by Crippen LogP contribution is -2.32. The number of hydrogen-bond donors (Lipinski definition) is 1. The van der Waals surface area contributed by atoms with E-state index < -0.39 is 15.8 Å². The zero-order valence-electron chi connectivity index (χ0n) is 20.6. The molecule has 37 heavy (non-hydrogen) atoms. The molecule has 3 aromatic rings. The average molecular weight is 528 g/mol. The van der Waals surface area contributed by atoms with E-state index in [1.54, 1.807) is 6.07 Å². The zero-order chi connectivity index (χ0) is 25.6. The summed E-state index contributed by atoms with van der Waals surface area (Å²) in [6, 6.07) is 8.29. The minimum atomic E-state index is -2.40. The van der Waals surface area contributed by atoms with E-state index in [-0.39, 0.29) is 24.1 Å². The van der Waals surface area contributed by atoms with Gasteiger partial charge in [0.25, 0.3) is 0 Å². The molecule has 3 atom stereocenters. The average Bonchev–Trinajstić information content (AvgIpc) is 3.48. The number of benzene rings is 2. The van der Waals surface area contributed by atoms with E-state index in [1.807, 2.05) is 19.1 Å². The van der Waals surface area contributed by atoms with E-state index >= 15 is 0 Å². The van der Waals surface area contributed by atoms with Crippen LogP contribution in [0.1, 0.15) is 36.1 Å². The number of fused-ring (bicyclic) bond motifs is 2. The van der Waals surface area contributed by atoms with Gasteiger partial charge in [-0.25, -0.2) is 18.6 Å². The largest absolute Gasteiger partial charge is 0.485 e. The lowest BCUT2D eigenvalue weighted by atomic mass is 10.0. The molecule has 0 amide bonds. The van der Waals surface area contributed by atoms with Gasteiger partial charge in [-0.15, -0.1) is 0 Å². The maximum atomic E-state index is 14.2. The SMILES string of the molecule is Cc1cc(N=S2(=O)CCC(O)CC2)cc2ncnc(Cc3ccc(F)cc3O[C@@H]3CO[C@@H]4CCO[C@@H]43)c12. The van der Waals surface area contributed by atoms with Gasteiger partial charge in [0.1, 0.15) is 24.0 Å². The van der Waals surface area contributed by atoms with Crippen LogP contribution in [0, 0.1) is 12.7 Å². The van der Waals surface area contributed by atoms with Gasteiger partial charge in [0, 0.05) is 41.5 Å². The standard InChI is InChI=1S/C27H30FN3O5S/c1-16-10-19(31-37(33)8-5-20(32)6-9-37)13-22-26(16)21(29-15-30-22)11-17-2-3-18(28)12-24(17)36-25-14-35-23-4-7-34-27(23)25/h2-3,10,12-13,15,20,23,25,27,32H,4-9,11,14H2,1H3/t20?,23-,25-,27+,37?/m1/s1. The normalized spacial score (nSPS) is 29.4. The highest BCUT2D eigenvalue weighted by Crippen LogP contribution is 2.34. The number of ether oxygens (including phenoxy) is 3. The maximum absolute atomic E-state index is 14.2. The highest BCUT2D eigenvalue weighted by atomic mass is 32.2. The van der Waals surface area contributed by atoms with Crippen molar-refractivity contribution in [3.8, 4) is 5.75 Å². The number of halogens is 1. The lowest BCUT2D eigenvalue weighted by molar-refractivity contribution is 0.0304. The zero-order valence-corrected chi connectivity index (χ0v) is 21.5. The first kappa shape index (κ1) is 24.7. The molecular weight excluding hydrogens is 497 g/mol. The van der Waals surface area contributed by atoms with Crippen molar-refractivity contribution in [2.45, 2.75) is 57.0 Å². The number of nitrogens with zero attached hydrogens (tertiary/aromatic N) is 3. The molecule has 4 heterocycles. The second kappa shape index (κ2) is 9.90. The van der Waals surface area contributed by atoms with Crippen LogP contribution >= 0.6 is 0 Å². The molecule has 196 valence electrons. The third-order valence-corrected chi connectivity index (χ3v) is 9.69. The fraction of sp³-hybridized carbons (Fsp3) is 0.481. The summed E-state index contributed by atoms with van der Waals surface area (Å²) in [6.45, 7) is 3.01. The molecule has 2 aromatic carbocycles. The van der Waals surface area contributed by atoms with E-state index in [4.69, 9.17) is 14.2 Å². The van der Waals surface area contributed by atoms with Crippen molar-refractivity contribution in [2.24, 2.45) is 4.36 Å². The first-order valence-electron chi connectivity index (χ1n) is 12.7. The van der Waals surface area contributed by atoms with E-state index in [9.17, 15) is 13.7 Å². The molecule has 3 fully saturated rings. The highest BCUT2D eigenvalue weighted by molar-refractivity contribution is 7.93. The van der Waals surface area contributed by atoms with Crippen LogP contribution in [0.25, 0.3) is 10.9 Å². The van der Waals surface area contributed by atoms with Gasteiger partial charge in [0.05, 0.1) is 45.4 Å². The molecule has 6 rings (SSSR count). The Morgan fingerprint density at radius 1 is 1.16 bits per heavy atom. The second-order valence-electron chi connectivity index (χ2n) is 10.1. The van der Waals surface area contributed by atoms with Crippen molar-refractivity contribution in [2.75, 3.05) is 24.7 Å². The Kier molecular flexibility index (Phi) is 6.60. The smallest absolute Gasteiger partial charge is 0.150 e. The molecule has 0 bridgehead atoms. The van der Waals surface area contributed by atoms with Crippen molar-refractivity contribution < 1.29 is 27.9 Å². The van der Waals surface area contributed by atoms with E-state index in [0.717, 1.165) is 28.6 Å². The van der Waals surface area contributed by atoms with Gasteiger partial charge in [-0.1, -0.05) is 6.07 Å². The Balaban J connectivity index is 1.31. The summed E-state index contributed by atoms with van der Waals surface area (Å²) in [6.07, 6.45) is 2.98. The van der Waals surface area contributed by atoms with Crippen LogP contribution in [0.3, 0.4) is 0 Å². The van der Waals surface area contributed by atoms with Crippen LogP contribution in [0.15, 0.2) is 41.0 Å². The van der Waals surface area contributed by atoms with Crippen molar-refractivity contribution >= 4 is 26.3 Å². The molecule has 0 spiro atoms. The van der Waals surface area contributed by atoms with Gasteiger partial charge in [-0.2, -0.15) is 4.36 Å². The lowest BCUT2D eigenvalue weighted by Gasteiger charge is -2.21. The van der Waals surface area contributed by atoms with Crippen molar-refractivity contribution in [1.82, 2.24) is 9.97 Å². The summed E-state index contributed by atoms with van der Waals surface area (Å²) in [5.41, 5.74) is 3.84. The van der Waals surface area contributed by atoms with E-state index in [1.165, 1.54) is 18.5 Å². The molecule has 10 heteroatoms. The summed E-state index contributed by atoms with van der Waals surface area (Å²) < 4.78 is 49.8. The number of aryl methyl sites for hydroxylation is 1. The fourth-order valence-electron chi connectivity index (χ4n) is 5.47. The fourth-order valence-corrected chi connectivity index (χ4v) is 7.63. The number of aromatic nitrogens is 2. The Morgan fingerprint density at radius 3 is 2.84 bits per heavy atom. The Bertz CT molecular complexity index is 1440. The molecule has 3 aliphatic rings.